The van der Waals surface area contributed by atoms with Crippen LogP contribution in [0.5, 0.6) is 0 Å². The largest absolute Gasteiger partial charge is 0.342 e. The molecule has 0 aliphatic carbocycles. The second-order valence-electron chi connectivity index (χ2n) is 4.11. The molecule has 1 N–H and O–H groups in total. The summed E-state index contributed by atoms with van der Waals surface area (Å²) in [4.78, 5) is 7.63. The van der Waals surface area contributed by atoms with Gasteiger partial charge in [0.1, 0.15) is 5.82 Å². The van der Waals surface area contributed by atoms with Crippen LogP contribution in [0.2, 0.25) is 0 Å². The summed E-state index contributed by atoms with van der Waals surface area (Å²) >= 11 is 0. The van der Waals surface area contributed by atoms with Crippen molar-refractivity contribution in [2.24, 2.45) is 0 Å². The van der Waals surface area contributed by atoms with Crippen LogP contribution in [-0.2, 0) is 20.7 Å². The summed E-state index contributed by atoms with van der Waals surface area (Å²) in [6.07, 6.45) is 2.03. The molecule has 0 spiro atoms. The molecular weight excluding hydrogens is 240 g/mol. The molecule has 5 nitrogen and oxygen atoms in total. The maximum atomic E-state index is 10.8. The Morgan fingerprint density at radius 1 is 1.35 bits per heavy atom. The van der Waals surface area contributed by atoms with Gasteiger partial charge in [0.15, 0.2) is 0 Å². The highest BCUT2D eigenvalue weighted by molar-refractivity contribution is 7.92. The van der Waals surface area contributed by atoms with Gasteiger partial charge in [-0.05, 0) is 25.0 Å². The molecule has 3 rings (SSSR count). The second kappa shape index (κ2) is 3.82. The van der Waals surface area contributed by atoms with E-state index in [1.807, 2.05) is 24.3 Å². The van der Waals surface area contributed by atoms with E-state index in [1.54, 1.807) is 0 Å². The summed E-state index contributed by atoms with van der Waals surface area (Å²) in [7, 11) is -3.17. The summed E-state index contributed by atoms with van der Waals surface area (Å²) in [5, 5.41) is 0. The van der Waals surface area contributed by atoms with Crippen molar-refractivity contribution < 1.29 is 12.6 Å². The molecule has 6 heteroatoms. The van der Waals surface area contributed by atoms with Gasteiger partial charge in [-0.3, -0.25) is 0 Å². The van der Waals surface area contributed by atoms with Crippen LogP contribution in [0, 0.1) is 0 Å². The summed E-state index contributed by atoms with van der Waals surface area (Å²) < 4.78 is 26.2. The van der Waals surface area contributed by atoms with Crippen molar-refractivity contribution in [2.75, 3.05) is 0 Å². The van der Waals surface area contributed by atoms with Gasteiger partial charge in [0.25, 0.3) is 10.1 Å². The molecule has 1 aromatic heterocycles. The van der Waals surface area contributed by atoms with Crippen LogP contribution >= 0.6 is 0 Å². The molecule has 0 radical (unpaired) electrons. The number of rotatable bonds is 4. The van der Waals surface area contributed by atoms with Crippen molar-refractivity contribution in [1.82, 2.24) is 9.97 Å². The Morgan fingerprint density at radius 2 is 2.12 bits per heavy atom. The third-order valence-electron chi connectivity index (χ3n) is 2.82. The molecular formula is C11H12N2O3S. The number of hydrogen-bond acceptors (Lipinski definition) is 4. The summed E-state index contributed by atoms with van der Waals surface area (Å²) in [5.74, 6) is 0.893. The van der Waals surface area contributed by atoms with Gasteiger partial charge in [0.05, 0.1) is 11.0 Å². The zero-order valence-corrected chi connectivity index (χ0v) is 9.90. The molecule has 0 amide bonds. The first-order valence-electron chi connectivity index (χ1n) is 5.51. The lowest BCUT2D eigenvalue weighted by atomic mass is 10.2. The Balaban J connectivity index is 1.61. The van der Waals surface area contributed by atoms with E-state index < -0.39 is 15.6 Å². The van der Waals surface area contributed by atoms with Crippen LogP contribution in [0.25, 0.3) is 11.0 Å². The third-order valence-corrected chi connectivity index (χ3v) is 4.10. The molecule has 1 fully saturated rings. The number of hydrogen-bond donors (Lipinski definition) is 1. The Hall–Kier alpha value is -1.40. The minimum Gasteiger partial charge on any atom is -0.342 e. The molecule has 0 saturated carbocycles. The lowest BCUT2D eigenvalue weighted by molar-refractivity contribution is 0.421. The number of fused-ring (bicyclic) bond motifs is 1. The van der Waals surface area contributed by atoms with Crippen LogP contribution in [0.15, 0.2) is 24.3 Å². The van der Waals surface area contributed by atoms with Crippen LogP contribution in [-0.4, -0.2) is 23.8 Å². The Morgan fingerprint density at radius 3 is 2.82 bits per heavy atom. The van der Waals surface area contributed by atoms with Crippen LogP contribution in [0.3, 0.4) is 0 Å². The van der Waals surface area contributed by atoms with Gasteiger partial charge in [-0.1, -0.05) is 12.1 Å². The summed E-state index contributed by atoms with van der Waals surface area (Å²) in [5.41, 5.74) is 1.38. The molecule has 1 unspecified atom stereocenters. The quantitative estimate of drug-likeness (QED) is 0.838. The fraction of sp³-hybridized carbons (Fsp3) is 0.364. The van der Waals surface area contributed by atoms with Gasteiger partial charge >= 0.3 is 0 Å². The van der Waals surface area contributed by atoms with E-state index in [0.29, 0.717) is 6.42 Å². The number of nitrogens with one attached hydrogen (secondary N) is 1. The number of para-hydroxylation sites is 2. The molecule has 90 valence electrons. The van der Waals surface area contributed by atoms with E-state index in [0.717, 1.165) is 29.7 Å². The van der Waals surface area contributed by atoms with Crippen LogP contribution in [0.4, 0.5) is 0 Å². The van der Waals surface area contributed by atoms with Crippen molar-refractivity contribution in [2.45, 2.75) is 24.7 Å². The maximum Gasteiger partial charge on any atom is 0.297 e. The van der Waals surface area contributed by atoms with Gasteiger partial charge in [-0.15, -0.1) is 0 Å². The number of aromatic nitrogens is 2. The molecule has 17 heavy (non-hydrogen) atoms. The van der Waals surface area contributed by atoms with Gasteiger partial charge in [-0.25, -0.2) is 9.17 Å². The van der Waals surface area contributed by atoms with Gasteiger partial charge in [0, 0.05) is 6.42 Å². The first-order chi connectivity index (χ1) is 8.15. The van der Waals surface area contributed by atoms with E-state index >= 15 is 0 Å². The Labute approximate surface area is 98.9 Å². The Kier molecular flexibility index (Phi) is 2.41. The molecule has 2 aromatic rings. The van der Waals surface area contributed by atoms with Crippen molar-refractivity contribution >= 4 is 21.2 Å². The predicted molar refractivity (Wildman–Crippen MR) is 62.8 cm³/mol. The first kappa shape index (κ1) is 10.7. The number of aryl methyl sites for hydroxylation is 1. The number of benzene rings is 1. The average Bonchev–Trinajstić information content (AvgIpc) is 2.74. The monoisotopic (exact) mass is 252 g/mol. The topological polar surface area (TPSA) is 75.3 Å². The van der Waals surface area contributed by atoms with Crippen molar-refractivity contribution in [3.63, 3.8) is 0 Å². The van der Waals surface area contributed by atoms with Gasteiger partial charge in [0.2, 0.25) is 5.44 Å². The van der Waals surface area contributed by atoms with E-state index in [1.165, 1.54) is 0 Å². The van der Waals surface area contributed by atoms with Crippen molar-refractivity contribution in [1.29, 1.82) is 0 Å². The molecule has 1 atom stereocenters. The van der Waals surface area contributed by atoms with E-state index in [2.05, 4.69) is 14.2 Å². The number of nitrogens with zero attached hydrogens (tertiary/aromatic N) is 1. The molecule has 0 bridgehead atoms. The number of H-pyrrole nitrogens is 1. The predicted octanol–water partition coefficient (Wildman–Crippen LogP) is 1.57. The highest BCUT2D eigenvalue weighted by Gasteiger charge is 2.45. The standard InChI is InChI=1S/C11H12N2O3S/c14-17(15)11(16-17)7-3-6-10-12-8-4-1-2-5-9(8)13-10/h1-2,4-5,11H,3,6-7H2,(H,12,13). The minimum absolute atomic E-state index is 0.541. The van der Waals surface area contributed by atoms with E-state index in [4.69, 9.17) is 0 Å². The van der Waals surface area contributed by atoms with Gasteiger partial charge < -0.3 is 4.98 Å². The zero-order chi connectivity index (χ0) is 11.9. The summed E-state index contributed by atoms with van der Waals surface area (Å²) in [6.45, 7) is 0. The highest BCUT2D eigenvalue weighted by atomic mass is 32.2. The highest BCUT2D eigenvalue weighted by Crippen LogP contribution is 2.28. The summed E-state index contributed by atoms with van der Waals surface area (Å²) in [6, 6.07) is 7.82. The molecule has 1 saturated heterocycles. The van der Waals surface area contributed by atoms with E-state index in [9.17, 15) is 8.42 Å². The fourth-order valence-corrected chi connectivity index (χ4v) is 2.88. The van der Waals surface area contributed by atoms with Gasteiger partial charge in [-0.2, -0.15) is 8.42 Å². The van der Waals surface area contributed by atoms with Crippen LogP contribution < -0.4 is 0 Å². The maximum absolute atomic E-state index is 10.8. The van der Waals surface area contributed by atoms with E-state index in [-0.39, 0.29) is 0 Å². The normalized spacial score (nSPS) is 21.8. The molecule has 2 heterocycles. The van der Waals surface area contributed by atoms with Crippen LogP contribution in [0.1, 0.15) is 18.7 Å². The smallest absolute Gasteiger partial charge is 0.297 e. The fourth-order valence-electron chi connectivity index (χ4n) is 1.88. The van der Waals surface area contributed by atoms with Crippen molar-refractivity contribution in [3.05, 3.63) is 30.1 Å². The minimum atomic E-state index is -3.17. The van der Waals surface area contributed by atoms with Crippen molar-refractivity contribution in [3.8, 4) is 0 Å². The third kappa shape index (κ3) is 2.18. The SMILES string of the molecule is O=S1(=O)OC1CCCc1nc2ccccc2[nH]1. The first-order valence-corrected chi connectivity index (χ1v) is 6.98. The second-order valence-corrected chi connectivity index (χ2v) is 5.82. The zero-order valence-electron chi connectivity index (χ0n) is 9.09. The lowest BCUT2D eigenvalue weighted by Crippen LogP contribution is -1.93. The lowest BCUT2D eigenvalue weighted by Gasteiger charge is -1.92. The number of aromatic amines is 1. The molecule has 1 aliphatic rings. The molecule has 1 aliphatic heterocycles. The molecule has 1 aromatic carbocycles. The number of imidazole rings is 1. The Bertz CT molecular complexity index is 615. The average molecular weight is 252 g/mol.